The first-order valence-electron chi connectivity index (χ1n) is 9.06. The van der Waals surface area contributed by atoms with Crippen molar-refractivity contribution >= 4 is 5.97 Å². The van der Waals surface area contributed by atoms with Crippen LogP contribution in [-0.2, 0) is 14.3 Å². The molecular weight excluding hydrogens is 316 g/mol. The van der Waals surface area contributed by atoms with Crippen molar-refractivity contribution in [3.8, 4) is 5.75 Å². The van der Waals surface area contributed by atoms with Crippen LogP contribution < -0.4 is 4.74 Å². The van der Waals surface area contributed by atoms with Crippen LogP contribution in [0.15, 0.2) is 30.2 Å². The van der Waals surface area contributed by atoms with E-state index >= 15 is 0 Å². The fourth-order valence-electron chi connectivity index (χ4n) is 3.54. The van der Waals surface area contributed by atoms with Gasteiger partial charge in [-0.25, -0.2) is 4.79 Å². The van der Waals surface area contributed by atoms with Gasteiger partial charge in [0.05, 0.1) is 14.2 Å². The molecule has 1 saturated carbocycles. The van der Waals surface area contributed by atoms with E-state index in [0.717, 1.165) is 17.4 Å². The van der Waals surface area contributed by atoms with E-state index in [1.807, 2.05) is 6.92 Å². The van der Waals surface area contributed by atoms with Crippen molar-refractivity contribution in [3.05, 3.63) is 41.3 Å². The first-order valence-corrected chi connectivity index (χ1v) is 9.06. The van der Waals surface area contributed by atoms with Crippen molar-refractivity contribution in [1.29, 1.82) is 0 Å². The predicted octanol–water partition coefficient (Wildman–Crippen LogP) is 4.96. The van der Waals surface area contributed by atoms with Crippen LogP contribution in [0.5, 0.6) is 5.75 Å². The summed E-state index contributed by atoms with van der Waals surface area (Å²) in [6.45, 7) is 6.61. The quantitative estimate of drug-likeness (QED) is 0.415. The van der Waals surface area contributed by atoms with Gasteiger partial charge in [0.15, 0.2) is 0 Å². The fourth-order valence-corrected chi connectivity index (χ4v) is 3.54. The molecule has 0 heterocycles. The molecule has 0 spiro atoms. The van der Waals surface area contributed by atoms with Gasteiger partial charge in [-0.3, -0.25) is 0 Å². The van der Waals surface area contributed by atoms with E-state index in [4.69, 9.17) is 14.2 Å². The van der Waals surface area contributed by atoms with Crippen molar-refractivity contribution in [1.82, 2.24) is 0 Å². The van der Waals surface area contributed by atoms with Gasteiger partial charge in [0, 0.05) is 0 Å². The lowest BCUT2D eigenvalue weighted by molar-refractivity contribution is -0.138. The zero-order valence-corrected chi connectivity index (χ0v) is 16.0. The minimum absolute atomic E-state index is 0.0498. The number of carbonyl (C=O) groups is 1. The molecule has 0 saturated heterocycles. The number of aryl methyl sites for hydroxylation is 1. The average molecular weight is 346 g/mol. The summed E-state index contributed by atoms with van der Waals surface area (Å²) in [7, 11) is 2.80. The third kappa shape index (κ3) is 5.00. The molecule has 0 aromatic heterocycles. The van der Waals surface area contributed by atoms with Crippen LogP contribution in [0, 0.1) is 18.8 Å². The third-order valence-corrected chi connectivity index (χ3v) is 5.23. The number of rotatable bonds is 6. The molecule has 0 unspecified atom stereocenters. The van der Waals surface area contributed by atoms with Crippen molar-refractivity contribution in [3.63, 3.8) is 0 Å². The van der Waals surface area contributed by atoms with Gasteiger partial charge in [-0.15, -0.1) is 0 Å². The zero-order chi connectivity index (χ0) is 18.4. The van der Waals surface area contributed by atoms with Crippen LogP contribution >= 0.6 is 0 Å². The van der Waals surface area contributed by atoms with Gasteiger partial charge in [-0.05, 0) is 67.6 Å². The summed E-state index contributed by atoms with van der Waals surface area (Å²) in [6, 6.07) is 6.30. The van der Waals surface area contributed by atoms with Crippen molar-refractivity contribution in [2.75, 3.05) is 14.2 Å². The van der Waals surface area contributed by atoms with Crippen molar-refractivity contribution in [2.24, 2.45) is 11.8 Å². The minimum Gasteiger partial charge on any atom is -0.500 e. The molecule has 4 nitrogen and oxygen atoms in total. The normalized spacial score (nSPS) is 21.1. The van der Waals surface area contributed by atoms with Crippen LogP contribution in [0.1, 0.15) is 56.6 Å². The topological polar surface area (TPSA) is 44.8 Å². The summed E-state index contributed by atoms with van der Waals surface area (Å²) >= 11 is 0. The van der Waals surface area contributed by atoms with Gasteiger partial charge in [0.25, 0.3) is 0 Å². The van der Waals surface area contributed by atoms with E-state index in [1.165, 1.54) is 51.7 Å². The van der Waals surface area contributed by atoms with Gasteiger partial charge < -0.3 is 14.2 Å². The van der Waals surface area contributed by atoms with Crippen LogP contribution in [0.25, 0.3) is 0 Å². The summed E-state index contributed by atoms with van der Waals surface area (Å²) in [5, 5.41) is 0. The van der Waals surface area contributed by atoms with Crippen molar-refractivity contribution < 1.29 is 19.0 Å². The number of carbonyl (C=O) groups excluding carboxylic acids is 1. The Morgan fingerprint density at radius 3 is 2.40 bits per heavy atom. The first kappa shape index (κ1) is 19.4. The lowest BCUT2D eigenvalue weighted by Gasteiger charge is -2.31. The molecule has 0 N–H and O–H groups in total. The highest BCUT2D eigenvalue weighted by Gasteiger charge is 2.25. The Balaban J connectivity index is 2.15. The van der Waals surface area contributed by atoms with Gasteiger partial charge in [0.1, 0.15) is 12.0 Å². The molecule has 25 heavy (non-hydrogen) atoms. The Morgan fingerprint density at radius 2 is 1.84 bits per heavy atom. The molecule has 0 radical (unpaired) electrons. The predicted molar refractivity (Wildman–Crippen MR) is 98.5 cm³/mol. The maximum atomic E-state index is 11.8. The Bertz CT molecular complexity index is 610. The molecule has 1 aromatic carbocycles. The third-order valence-electron chi connectivity index (χ3n) is 5.23. The average Bonchev–Trinajstić information content (AvgIpc) is 2.62. The molecule has 138 valence electrons. The summed E-state index contributed by atoms with van der Waals surface area (Å²) in [6.07, 6.45) is 6.25. The van der Waals surface area contributed by atoms with Gasteiger partial charge in [-0.1, -0.05) is 26.0 Å². The molecule has 2 rings (SSSR count). The van der Waals surface area contributed by atoms with E-state index in [-0.39, 0.29) is 5.76 Å². The smallest absolute Gasteiger partial charge is 0.377 e. The molecule has 1 aromatic rings. The monoisotopic (exact) mass is 346 g/mol. The minimum atomic E-state index is -0.552. The largest absolute Gasteiger partial charge is 0.500 e. The Kier molecular flexibility index (Phi) is 6.91. The molecular formula is C21H30O4. The number of hydrogen-bond acceptors (Lipinski definition) is 4. The first-order chi connectivity index (χ1) is 12.0. The number of ether oxygens (including phenoxy) is 3. The van der Waals surface area contributed by atoms with E-state index in [1.54, 1.807) is 0 Å². The highest BCUT2D eigenvalue weighted by Crippen LogP contribution is 2.40. The van der Waals surface area contributed by atoms with E-state index < -0.39 is 5.97 Å². The maximum absolute atomic E-state index is 11.8. The number of esters is 1. The lowest BCUT2D eigenvalue weighted by Crippen LogP contribution is -2.17. The van der Waals surface area contributed by atoms with Crippen LogP contribution in [-0.4, -0.2) is 20.2 Å². The molecule has 0 bridgehead atoms. The van der Waals surface area contributed by atoms with Crippen LogP contribution in [0.4, 0.5) is 0 Å². The van der Waals surface area contributed by atoms with Gasteiger partial charge in [0.2, 0.25) is 5.76 Å². The Labute approximate surface area is 151 Å². The molecule has 4 heteroatoms. The van der Waals surface area contributed by atoms with E-state index in [0.29, 0.717) is 11.7 Å². The fraction of sp³-hybridized carbons (Fsp3) is 0.571. The van der Waals surface area contributed by atoms with E-state index in [2.05, 4.69) is 32.0 Å². The second kappa shape index (κ2) is 8.93. The lowest BCUT2D eigenvalue weighted by atomic mass is 9.74. The maximum Gasteiger partial charge on any atom is 0.377 e. The SMILES string of the molecule is CO/C=C(\Oc1cc(C2CCC(C(C)C)CC2)ccc1C)C(=O)OC. The summed E-state index contributed by atoms with van der Waals surface area (Å²) in [4.78, 5) is 11.8. The molecule has 0 amide bonds. The van der Waals surface area contributed by atoms with Crippen molar-refractivity contribution in [2.45, 2.75) is 52.4 Å². The second-order valence-electron chi connectivity index (χ2n) is 7.19. The Morgan fingerprint density at radius 1 is 1.16 bits per heavy atom. The standard InChI is InChI=1S/C21H30O4/c1-14(2)16-8-10-17(11-9-16)18-7-6-15(3)19(12-18)25-20(13-23-4)21(22)24-5/h6-7,12-14,16-17H,8-11H2,1-5H3/b20-13-. The molecule has 0 aliphatic heterocycles. The highest BCUT2D eigenvalue weighted by atomic mass is 16.6. The van der Waals surface area contributed by atoms with Crippen LogP contribution in [0.2, 0.25) is 0 Å². The molecule has 1 aliphatic rings. The summed E-state index contributed by atoms with van der Waals surface area (Å²) in [5.41, 5.74) is 2.26. The van der Waals surface area contributed by atoms with E-state index in [9.17, 15) is 4.79 Å². The summed E-state index contributed by atoms with van der Waals surface area (Å²) in [5.74, 6) is 2.34. The van der Waals surface area contributed by atoms with Crippen LogP contribution in [0.3, 0.4) is 0 Å². The second-order valence-corrected chi connectivity index (χ2v) is 7.19. The number of methoxy groups -OCH3 is 2. The number of hydrogen-bond donors (Lipinski definition) is 0. The zero-order valence-electron chi connectivity index (χ0n) is 16.0. The number of benzene rings is 1. The van der Waals surface area contributed by atoms with Gasteiger partial charge >= 0.3 is 5.97 Å². The summed E-state index contributed by atoms with van der Waals surface area (Å²) < 4.78 is 15.5. The molecule has 1 fully saturated rings. The molecule has 1 aliphatic carbocycles. The van der Waals surface area contributed by atoms with Gasteiger partial charge in [-0.2, -0.15) is 0 Å². The highest BCUT2D eigenvalue weighted by molar-refractivity contribution is 5.86. The Hall–Kier alpha value is -1.97. The molecule has 0 atom stereocenters.